The average molecular weight is 521 g/mol. The minimum absolute atomic E-state index is 0.162. The molecule has 0 saturated carbocycles. The normalized spacial score (nSPS) is 12.6. The summed E-state index contributed by atoms with van der Waals surface area (Å²) in [5.41, 5.74) is 2.17. The zero-order valence-corrected chi connectivity index (χ0v) is 21.9. The average Bonchev–Trinajstić information content (AvgIpc) is 3.24. The summed E-state index contributed by atoms with van der Waals surface area (Å²) in [5, 5.41) is 3.12. The number of nitrogens with one attached hydrogen (secondary N) is 2. The van der Waals surface area contributed by atoms with E-state index in [1.807, 2.05) is 13.8 Å². The van der Waals surface area contributed by atoms with E-state index in [9.17, 15) is 13.0 Å². The number of benzene rings is 1. The smallest absolute Gasteiger partial charge is 0.240 e. The van der Waals surface area contributed by atoms with E-state index in [1.165, 1.54) is 12.1 Å². The van der Waals surface area contributed by atoms with E-state index in [0.29, 0.717) is 42.0 Å². The third-order valence-electron chi connectivity index (χ3n) is 5.08. The van der Waals surface area contributed by atoms with E-state index in [1.54, 1.807) is 30.6 Å². The standard InChI is InChI=1S/C23H32N6O4S2/c1-4-14-29-21(16-25-22(29)17-34(30)6-3)20-11-12-24-23(28-20)27-18-7-9-19(10-8-18)35(31,32)26-13-15-33-5-2/h7-12,16,26H,4-6,13-15,17H2,1-3H3,(H,24,27,28). The molecule has 0 fully saturated rings. The second-order valence-corrected chi connectivity index (χ2v) is 11.1. The lowest BCUT2D eigenvalue weighted by molar-refractivity contribution is 0.153. The topological polar surface area (TPSA) is 134 Å². The first-order valence-corrected chi connectivity index (χ1v) is 14.5. The number of rotatable bonds is 14. The van der Waals surface area contributed by atoms with Crippen molar-refractivity contribution in [2.45, 2.75) is 44.4 Å². The molecule has 0 spiro atoms. The highest BCUT2D eigenvalue weighted by molar-refractivity contribution is 7.90. The van der Waals surface area contributed by atoms with Crippen LogP contribution in [0.4, 0.5) is 11.6 Å². The Kier molecular flexibility index (Phi) is 10.0. The molecule has 190 valence electrons. The Balaban J connectivity index is 1.75. The van der Waals surface area contributed by atoms with Crippen LogP contribution in [0.5, 0.6) is 0 Å². The Bertz CT molecular complexity index is 1180. The Labute approximate surface area is 209 Å². The van der Waals surface area contributed by atoms with Crippen LogP contribution >= 0.6 is 0 Å². The van der Waals surface area contributed by atoms with Crippen LogP contribution in [0.2, 0.25) is 0 Å². The van der Waals surface area contributed by atoms with E-state index in [-0.39, 0.29) is 11.4 Å². The van der Waals surface area contributed by atoms with Crippen molar-refractivity contribution in [3.8, 4) is 11.4 Å². The summed E-state index contributed by atoms with van der Waals surface area (Å²) in [6, 6.07) is 8.16. The Morgan fingerprint density at radius 3 is 2.57 bits per heavy atom. The van der Waals surface area contributed by atoms with Gasteiger partial charge in [-0.1, -0.05) is 6.92 Å². The second kappa shape index (κ2) is 13.0. The van der Waals surface area contributed by atoms with Gasteiger partial charge >= 0.3 is 0 Å². The van der Waals surface area contributed by atoms with Gasteiger partial charge in [-0.05, 0) is 61.8 Å². The van der Waals surface area contributed by atoms with Gasteiger partial charge in [-0.2, -0.15) is 0 Å². The Hall–Kier alpha value is -2.51. The maximum atomic E-state index is 12.4. The molecule has 0 amide bonds. The monoisotopic (exact) mass is 520 g/mol. The molecule has 0 aliphatic carbocycles. The molecule has 35 heavy (non-hydrogen) atoms. The van der Waals surface area contributed by atoms with Gasteiger partial charge < -0.3 is 19.2 Å². The van der Waals surface area contributed by atoms with E-state index in [4.69, 9.17) is 4.74 Å². The van der Waals surface area contributed by atoms with Crippen molar-refractivity contribution in [1.29, 1.82) is 0 Å². The molecular weight excluding hydrogens is 488 g/mol. The quantitative estimate of drug-likeness (QED) is 0.245. The predicted molar refractivity (Wildman–Crippen MR) is 137 cm³/mol. The summed E-state index contributed by atoms with van der Waals surface area (Å²) < 4.78 is 46.6. The fraction of sp³-hybridized carbons (Fsp3) is 0.435. The Morgan fingerprint density at radius 2 is 1.89 bits per heavy atom. The van der Waals surface area contributed by atoms with Crippen LogP contribution in [0.1, 0.15) is 33.0 Å². The lowest BCUT2D eigenvalue weighted by atomic mass is 10.3. The summed E-state index contributed by atoms with van der Waals surface area (Å²) in [5.74, 6) is 2.14. The number of aromatic nitrogens is 4. The summed E-state index contributed by atoms with van der Waals surface area (Å²) in [7, 11) is -3.61. The summed E-state index contributed by atoms with van der Waals surface area (Å²) in [4.78, 5) is 13.6. The molecule has 10 nitrogen and oxygen atoms in total. The largest absolute Gasteiger partial charge is 0.616 e. The van der Waals surface area contributed by atoms with Crippen molar-refractivity contribution in [2.75, 3.05) is 30.8 Å². The van der Waals surface area contributed by atoms with Gasteiger partial charge in [0.1, 0.15) is 5.75 Å². The number of ether oxygens (including phenoxy) is 1. The van der Waals surface area contributed by atoms with Gasteiger partial charge in [0.25, 0.3) is 0 Å². The van der Waals surface area contributed by atoms with E-state index in [0.717, 1.165) is 24.5 Å². The van der Waals surface area contributed by atoms with Gasteiger partial charge in [0, 0.05) is 31.6 Å². The van der Waals surface area contributed by atoms with Gasteiger partial charge in [-0.25, -0.2) is 28.1 Å². The van der Waals surface area contributed by atoms with E-state index >= 15 is 0 Å². The second-order valence-electron chi connectivity index (χ2n) is 7.59. The fourth-order valence-electron chi connectivity index (χ4n) is 3.34. The maximum Gasteiger partial charge on any atom is 0.240 e. The fourth-order valence-corrected chi connectivity index (χ4v) is 5.07. The highest BCUT2D eigenvalue weighted by atomic mass is 32.2. The molecule has 2 N–H and O–H groups in total. The third kappa shape index (κ3) is 7.48. The zero-order valence-electron chi connectivity index (χ0n) is 20.2. The number of nitrogens with zero attached hydrogens (tertiary/aromatic N) is 4. The lowest BCUT2D eigenvalue weighted by Crippen LogP contribution is -2.27. The van der Waals surface area contributed by atoms with Crippen LogP contribution < -0.4 is 10.0 Å². The van der Waals surface area contributed by atoms with Crippen molar-refractivity contribution in [3.05, 3.63) is 48.5 Å². The molecule has 2 heterocycles. The number of sulfonamides is 1. The molecule has 12 heteroatoms. The number of hydrogen-bond donors (Lipinski definition) is 2. The molecular formula is C23H32N6O4S2. The van der Waals surface area contributed by atoms with Crippen molar-refractivity contribution < 1.29 is 17.7 Å². The van der Waals surface area contributed by atoms with Crippen LogP contribution in [0.25, 0.3) is 11.4 Å². The minimum Gasteiger partial charge on any atom is -0.616 e. The predicted octanol–water partition coefficient (Wildman–Crippen LogP) is 3.08. The van der Waals surface area contributed by atoms with Gasteiger partial charge in [0.15, 0.2) is 11.6 Å². The maximum absolute atomic E-state index is 12.4. The molecule has 2 aromatic heterocycles. The summed E-state index contributed by atoms with van der Waals surface area (Å²) in [6.45, 7) is 7.64. The number of hydrogen-bond acceptors (Lipinski definition) is 8. The minimum atomic E-state index is -3.61. The van der Waals surface area contributed by atoms with E-state index < -0.39 is 21.2 Å². The first kappa shape index (κ1) is 27.1. The van der Waals surface area contributed by atoms with Gasteiger partial charge in [0.05, 0.1) is 29.1 Å². The molecule has 0 radical (unpaired) electrons. The first-order chi connectivity index (χ1) is 16.9. The molecule has 1 aromatic carbocycles. The highest BCUT2D eigenvalue weighted by Gasteiger charge is 2.17. The SMILES string of the molecule is CCCn1c(-c2ccnc(Nc3ccc(S(=O)(=O)NCCOCC)cc3)n2)cnc1C[S+]([O-])CC. The van der Waals surface area contributed by atoms with Crippen LogP contribution in [0.15, 0.2) is 47.6 Å². The van der Waals surface area contributed by atoms with Crippen LogP contribution in [-0.2, 0) is 38.2 Å². The molecule has 0 saturated heterocycles. The van der Waals surface area contributed by atoms with Crippen LogP contribution in [0.3, 0.4) is 0 Å². The third-order valence-corrected chi connectivity index (χ3v) is 7.78. The molecule has 0 bridgehead atoms. The van der Waals surface area contributed by atoms with Crippen molar-refractivity contribution >= 4 is 32.8 Å². The molecule has 1 atom stereocenters. The van der Waals surface area contributed by atoms with Gasteiger partial charge in [-0.3, -0.25) is 0 Å². The molecule has 3 aromatic rings. The van der Waals surface area contributed by atoms with Crippen LogP contribution in [-0.4, -0.2) is 58.0 Å². The molecule has 1 unspecified atom stereocenters. The summed E-state index contributed by atoms with van der Waals surface area (Å²) >= 11 is -0.960. The lowest BCUT2D eigenvalue weighted by Gasteiger charge is -2.13. The number of imidazole rings is 1. The number of anilines is 2. The zero-order chi connectivity index (χ0) is 25.3. The molecule has 0 aliphatic heterocycles. The van der Waals surface area contributed by atoms with Crippen LogP contribution in [0, 0.1) is 0 Å². The molecule has 0 aliphatic rings. The van der Waals surface area contributed by atoms with Gasteiger partial charge in [0.2, 0.25) is 16.0 Å². The van der Waals surface area contributed by atoms with Crippen molar-refractivity contribution in [2.24, 2.45) is 0 Å². The highest BCUT2D eigenvalue weighted by Crippen LogP contribution is 2.23. The Morgan fingerprint density at radius 1 is 1.11 bits per heavy atom. The first-order valence-electron chi connectivity index (χ1n) is 11.5. The van der Waals surface area contributed by atoms with Crippen molar-refractivity contribution in [3.63, 3.8) is 0 Å². The van der Waals surface area contributed by atoms with Gasteiger partial charge in [-0.15, -0.1) is 0 Å². The van der Waals surface area contributed by atoms with Crippen molar-refractivity contribution in [1.82, 2.24) is 24.2 Å². The summed E-state index contributed by atoms with van der Waals surface area (Å²) in [6.07, 6.45) is 4.31. The van der Waals surface area contributed by atoms with E-state index in [2.05, 4.69) is 36.5 Å². The molecule has 3 rings (SSSR count).